The van der Waals surface area contributed by atoms with Crippen molar-refractivity contribution >= 4 is 5.91 Å². The lowest BCUT2D eigenvalue weighted by molar-refractivity contribution is -0.123. The largest absolute Gasteiger partial charge is 0.355 e. The lowest BCUT2D eigenvalue weighted by Gasteiger charge is -2.09. The van der Waals surface area contributed by atoms with Gasteiger partial charge in [-0.15, -0.1) is 0 Å². The summed E-state index contributed by atoms with van der Waals surface area (Å²) in [7, 11) is 0. The van der Waals surface area contributed by atoms with E-state index in [2.05, 4.69) is 42.0 Å². The second kappa shape index (κ2) is 7.34. The third-order valence-electron chi connectivity index (χ3n) is 3.44. The molecule has 0 atom stereocenters. The Morgan fingerprint density at radius 3 is 2.53 bits per heavy atom. The molecule has 2 N–H and O–H groups in total. The number of aromatic nitrogens is 1. The van der Waals surface area contributed by atoms with Crippen LogP contribution in [-0.4, -0.2) is 23.6 Å². The van der Waals surface area contributed by atoms with E-state index in [4.69, 9.17) is 0 Å². The van der Waals surface area contributed by atoms with E-state index in [0.29, 0.717) is 6.54 Å². The Hall–Kier alpha value is -1.29. The SMILES string of the molecule is CCn1c(C)cc(CNCCNC(=O)C(C)C)c1C. The minimum atomic E-state index is 0.0588. The van der Waals surface area contributed by atoms with Gasteiger partial charge in [-0.1, -0.05) is 13.8 Å². The first kappa shape index (κ1) is 15.8. The molecule has 0 aliphatic carbocycles. The first-order chi connectivity index (χ1) is 8.97. The zero-order chi connectivity index (χ0) is 14.4. The molecule has 108 valence electrons. The van der Waals surface area contributed by atoms with Crippen LogP contribution in [0.1, 0.15) is 37.7 Å². The Kier molecular flexibility index (Phi) is 6.09. The average Bonchev–Trinajstić information content (AvgIpc) is 2.63. The molecule has 1 aromatic rings. The topological polar surface area (TPSA) is 46.1 Å². The molecule has 0 saturated carbocycles. The van der Waals surface area contributed by atoms with Crippen LogP contribution in [0.15, 0.2) is 6.07 Å². The Balaban J connectivity index is 2.32. The molecular weight excluding hydrogens is 238 g/mol. The maximum atomic E-state index is 11.4. The van der Waals surface area contributed by atoms with Gasteiger partial charge in [-0.25, -0.2) is 0 Å². The van der Waals surface area contributed by atoms with Crippen molar-refractivity contribution in [2.75, 3.05) is 13.1 Å². The number of amides is 1. The summed E-state index contributed by atoms with van der Waals surface area (Å²) in [6.45, 7) is 13.6. The van der Waals surface area contributed by atoms with Crippen LogP contribution in [0.2, 0.25) is 0 Å². The summed E-state index contributed by atoms with van der Waals surface area (Å²) in [6, 6.07) is 2.23. The van der Waals surface area contributed by atoms with E-state index in [1.54, 1.807) is 0 Å². The molecule has 1 aromatic heterocycles. The monoisotopic (exact) mass is 265 g/mol. The molecule has 0 radical (unpaired) electrons. The van der Waals surface area contributed by atoms with Crippen molar-refractivity contribution in [2.24, 2.45) is 5.92 Å². The predicted octanol–water partition coefficient (Wildman–Crippen LogP) is 1.99. The van der Waals surface area contributed by atoms with E-state index in [1.807, 2.05) is 13.8 Å². The Bertz CT molecular complexity index is 421. The van der Waals surface area contributed by atoms with Crippen molar-refractivity contribution in [3.05, 3.63) is 23.0 Å². The number of carbonyl (C=O) groups excluding carboxylic acids is 1. The molecule has 19 heavy (non-hydrogen) atoms. The maximum absolute atomic E-state index is 11.4. The average molecular weight is 265 g/mol. The van der Waals surface area contributed by atoms with Gasteiger partial charge in [0.2, 0.25) is 5.91 Å². The number of nitrogens with one attached hydrogen (secondary N) is 2. The molecular formula is C15H27N3O. The minimum Gasteiger partial charge on any atom is -0.355 e. The zero-order valence-electron chi connectivity index (χ0n) is 12.8. The van der Waals surface area contributed by atoms with Crippen molar-refractivity contribution in [2.45, 2.75) is 47.7 Å². The second-order valence-electron chi connectivity index (χ2n) is 5.26. The van der Waals surface area contributed by atoms with Crippen molar-refractivity contribution in [1.29, 1.82) is 0 Å². The van der Waals surface area contributed by atoms with Gasteiger partial charge in [0, 0.05) is 43.5 Å². The first-order valence-electron chi connectivity index (χ1n) is 7.11. The molecule has 0 aliphatic heterocycles. The minimum absolute atomic E-state index is 0.0588. The summed E-state index contributed by atoms with van der Waals surface area (Å²) in [5, 5.41) is 6.28. The van der Waals surface area contributed by atoms with Gasteiger partial charge in [-0.2, -0.15) is 0 Å². The zero-order valence-corrected chi connectivity index (χ0v) is 12.8. The van der Waals surface area contributed by atoms with Crippen molar-refractivity contribution in [3.63, 3.8) is 0 Å². The molecule has 4 nitrogen and oxygen atoms in total. The summed E-state index contributed by atoms with van der Waals surface area (Å²) >= 11 is 0. The van der Waals surface area contributed by atoms with E-state index in [9.17, 15) is 4.79 Å². The number of aryl methyl sites for hydroxylation is 1. The standard InChI is InChI=1S/C15H27N3O/c1-6-18-12(4)9-14(13(18)5)10-16-7-8-17-15(19)11(2)3/h9,11,16H,6-8,10H2,1-5H3,(H,17,19). The fourth-order valence-corrected chi connectivity index (χ4v) is 2.24. The highest BCUT2D eigenvalue weighted by Crippen LogP contribution is 2.14. The molecule has 0 saturated heterocycles. The molecule has 1 rings (SSSR count). The van der Waals surface area contributed by atoms with Crippen molar-refractivity contribution in [1.82, 2.24) is 15.2 Å². The number of nitrogens with zero attached hydrogens (tertiary/aromatic N) is 1. The Morgan fingerprint density at radius 1 is 1.32 bits per heavy atom. The number of hydrogen-bond donors (Lipinski definition) is 2. The van der Waals surface area contributed by atoms with Crippen molar-refractivity contribution < 1.29 is 4.79 Å². The number of hydrogen-bond acceptors (Lipinski definition) is 2. The summed E-state index contributed by atoms with van der Waals surface area (Å²) in [5.41, 5.74) is 3.98. The third-order valence-corrected chi connectivity index (χ3v) is 3.44. The summed E-state index contributed by atoms with van der Waals surface area (Å²) < 4.78 is 2.32. The summed E-state index contributed by atoms with van der Waals surface area (Å²) in [5.74, 6) is 0.175. The van der Waals surface area contributed by atoms with Gasteiger partial charge in [-0.3, -0.25) is 4.79 Å². The van der Waals surface area contributed by atoms with E-state index in [1.165, 1.54) is 17.0 Å². The Labute approximate surface area is 116 Å². The van der Waals surface area contributed by atoms with Crippen LogP contribution in [-0.2, 0) is 17.9 Å². The molecule has 0 aliphatic rings. The molecule has 4 heteroatoms. The highest BCUT2D eigenvalue weighted by atomic mass is 16.1. The molecule has 0 bridgehead atoms. The van der Waals surface area contributed by atoms with Crippen molar-refractivity contribution in [3.8, 4) is 0 Å². The quantitative estimate of drug-likeness (QED) is 0.741. The fraction of sp³-hybridized carbons (Fsp3) is 0.667. The van der Waals surface area contributed by atoms with Gasteiger partial charge in [0.25, 0.3) is 0 Å². The molecule has 0 fully saturated rings. The Morgan fingerprint density at radius 2 is 2.00 bits per heavy atom. The highest BCUT2D eigenvalue weighted by Gasteiger charge is 2.07. The van der Waals surface area contributed by atoms with Gasteiger partial charge in [0.05, 0.1) is 0 Å². The van der Waals surface area contributed by atoms with Crippen LogP contribution < -0.4 is 10.6 Å². The van der Waals surface area contributed by atoms with Crippen LogP contribution in [0.4, 0.5) is 0 Å². The maximum Gasteiger partial charge on any atom is 0.222 e. The highest BCUT2D eigenvalue weighted by molar-refractivity contribution is 5.77. The van der Waals surface area contributed by atoms with E-state index >= 15 is 0 Å². The van der Waals surface area contributed by atoms with Crippen LogP contribution in [0.5, 0.6) is 0 Å². The normalized spacial score (nSPS) is 11.1. The lowest BCUT2D eigenvalue weighted by Crippen LogP contribution is -2.34. The van der Waals surface area contributed by atoms with Gasteiger partial charge in [0.15, 0.2) is 0 Å². The molecule has 0 unspecified atom stereocenters. The van der Waals surface area contributed by atoms with Gasteiger partial charge in [-0.05, 0) is 32.4 Å². The van der Waals surface area contributed by atoms with Crippen LogP contribution in [0, 0.1) is 19.8 Å². The smallest absolute Gasteiger partial charge is 0.222 e. The second-order valence-corrected chi connectivity index (χ2v) is 5.26. The molecule has 0 aromatic carbocycles. The number of rotatable bonds is 7. The van der Waals surface area contributed by atoms with E-state index < -0.39 is 0 Å². The van der Waals surface area contributed by atoms with Crippen LogP contribution in [0.25, 0.3) is 0 Å². The molecule has 1 heterocycles. The van der Waals surface area contributed by atoms with Gasteiger partial charge in [0.1, 0.15) is 0 Å². The van der Waals surface area contributed by atoms with Gasteiger partial charge < -0.3 is 15.2 Å². The van der Waals surface area contributed by atoms with E-state index in [0.717, 1.165) is 19.6 Å². The summed E-state index contributed by atoms with van der Waals surface area (Å²) in [4.78, 5) is 11.4. The van der Waals surface area contributed by atoms with Gasteiger partial charge >= 0.3 is 0 Å². The lowest BCUT2D eigenvalue weighted by atomic mass is 10.2. The van der Waals surface area contributed by atoms with Crippen LogP contribution >= 0.6 is 0 Å². The molecule has 1 amide bonds. The number of carbonyl (C=O) groups is 1. The third kappa shape index (κ3) is 4.39. The molecule has 0 spiro atoms. The summed E-state index contributed by atoms with van der Waals surface area (Å²) in [6.07, 6.45) is 0. The van der Waals surface area contributed by atoms with E-state index in [-0.39, 0.29) is 11.8 Å². The first-order valence-corrected chi connectivity index (χ1v) is 7.11. The van der Waals surface area contributed by atoms with Crippen LogP contribution in [0.3, 0.4) is 0 Å². The predicted molar refractivity (Wildman–Crippen MR) is 79.1 cm³/mol. The fourth-order valence-electron chi connectivity index (χ4n) is 2.24.